The second kappa shape index (κ2) is 13.2. The third kappa shape index (κ3) is 6.90. The van der Waals surface area contributed by atoms with Crippen LogP contribution >= 0.6 is 0 Å². The van der Waals surface area contributed by atoms with Crippen LogP contribution in [0.25, 0.3) is 11.3 Å². The number of anilines is 1. The molecular formula is C31H39F2N7O2S. The summed E-state index contributed by atoms with van der Waals surface area (Å²) in [5.41, 5.74) is 4.71. The Balaban J connectivity index is 0.00000102. The van der Waals surface area contributed by atoms with Gasteiger partial charge in [-0.2, -0.15) is 5.10 Å². The highest BCUT2D eigenvalue weighted by atomic mass is 32.2. The van der Waals surface area contributed by atoms with Gasteiger partial charge in [0, 0.05) is 6.20 Å². The zero-order chi connectivity index (χ0) is 31.4. The fraction of sp³-hybridized carbons (Fsp3) is 0.452. The molecule has 3 aliphatic rings. The number of halogens is 2. The summed E-state index contributed by atoms with van der Waals surface area (Å²) in [5, 5.41) is 10.4. The molecule has 0 bridgehead atoms. The molecule has 0 unspecified atom stereocenters. The molecule has 3 heterocycles. The van der Waals surface area contributed by atoms with E-state index in [1.807, 2.05) is 26.8 Å². The molecule has 0 saturated heterocycles. The number of hydrazine groups is 1. The van der Waals surface area contributed by atoms with Gasteiger partial charge in [0.15, 0.2) is 9.84 Å². The van der Waals surface area contributed by atoms with Gasteiger partial charge in [-0.3, -0.25) is 5.43 Å². The molecule has 0 spiro atoms. The summed E-state index contributed by atoms with van der Waals surface area (Å²) in [6, 6.07) is 7.30. The minimum atomic E-state index is -3.23. The first-order valence-electron chi connectivity index (χ1n) is 14.6. The highest BCUT2D eigenvalue weighted by Crippen LogP contribution is 2.46. The molecule has 3 aromatic rings. The van der Waals surface area contributed by atoms with Crippen LogP contribution in [-0.2, 0) is 15.3 Å². The van der Waals surface area contributed by atoms with E-state index < -0.39 is 26.9 Å². The molecule has 0 radical (unpaired) electrons. The first kappa shape index (κ1) is 32.1. The predicted molar refractivity (Wildman–Crippen MR) is 165 cm³/mol. The number of nitrogens with zero attached hydrogens (tertiary/aromatic N) is 6. The maximum absolute atomic E-state index is 14.5. The average molecular weight is 612 g/mol. The summed E-state index contributed by atoms with van der Waals surface area (Å²) in [4.78, 5) is 13.6. The van der Waals surface area contributed by atoms with Crippen LogP contribution in [0.3, 0.4) is 0 Å². The van der Waals surface area contributed by atoms with Crippen LogP contribution in [0.5, 0.6) is 0 Å². The van der Waals surface area contributed by atoms with Gasteiger partial charge >= 0.3 is 0 Å². The number of rotatable bonds is 7. The van der Waals surface area contributed by atoms with Gasteiger partial charge in [0.2, 0.25) is 5.95 Å². The predicted octanol–water partition coefficient (Wildman–Crippen LogP) is 5.75. The van der Waals surface area contributed by atoms with Gasteiger partial charge in [-0.05, 0) is 74.3 Å². The van der Waals surface area contributed by atoms with E-state index in [1.54, 1.807) is 17.3 Å². The molecule has 230 valence electrons. The molecule has 2 aliphatic carbocycles. The van der Waals surface area contributed by atoms with Crippen LogP contribution in [0.4, 0.5) is 14.7 Å². The molecular weight excluding hydrogens is 572 g/mol. The standard InChI is InChI=1S/C27H29F2N7O2S.C2H6.C2H4/c1-16-8-10-27(2,25-18(16)12-21(33-34-25)24-19(28)4-3-5-20(24)29)22-9-11-30-26(32-22)36-15-31-23(35-36)14-39(37,38)13-17-6-7-17;2*1-2/h3-5,9,11-12,16-17H,6-8,10,13-15H2,1-2H3,(H,31,35);1-2H3;1-2H2/t16-,27+;;/m0../s1. The highest BCUT2D eigenvalue weighted by molar-refractivity contribution is 7.92. The van der Waals surface area contributed by atoms with Crippen molar-refractivity contribution >= 4 is 21.6 Å². The molecule has 6 rings (SSSR count). The van der Waals surface area contributed by atoms with E-state index in [0.717, 1.165) is 36.9 Å². The number of amidine groups is 1. The number of sulfone groups is 1. The topological polar surface area (TPSA) is 113 Å². The van der Waals surface area contributed by atoms with Crippen molar-refractivity contribution in [3.8, 4) is 11.3 Å². The number of aromatic nitrogens is 4. The third-order valence-electron chi connectivity index (χ3n) is 7.83. The van der Waals surface area contributed by atoms with E-state index in [1.165, 1.54) is 18.2 Å². The summed E-state index contributed by atoms with van der Waals surface area (Å²) >= 11 is 0. The fourth-order valence-corrected chi connectivity index (χ4v) is 7.12. The van der Waals surface area contributed by atoms with Crippen LogP contribution in [-0.4, -0.2) is 52.6 Å². The van der Waals surface area contributed by atoms with Crippen molar-refractivity contribution in [2.45, 2.75) is 64.7 Å². The van der Waals surface area contributed by atoms with Gasteiger partial charge < -0.3 is 0 Å². The van der Waals surface area contributed by atoms with E-state index in [-0.39, 0.29) is 41.3 Å². The van der Waals surface area contributed by atoms with Crippen molar-refractivity contribution < 1.29 is 17.2 Å². The van der Waals surface area contributed by atoms with Crippen molar-refractivity contribution in [3.63, 3.8) is 0 Å². The largest absolute Gasteiger partial charge is 0.280 e. The Morgan fingerprint density at radius 2 is 1.79 bits per heavy atom. The number of hydrogen-bond acceptors (Lipinski definition) is 9. The van der Waals surface area contributed by atoms with Crippen molar-refractivity contribution in [3.05, 3.63) is 78.3 Å². The molecule has 0 amide bonds. The monoisotopic (exact) mass is 611 g/mol. The Bertz CT molecular complexity index is 1580. The number of benzene rings is 1. The van der Waals surface area contributed by atoms with Crippen molar-refractivity contribution in [2.24, 2.45) is 10.9 Å². The van der Waals surface area contributed by atoms with Crippen molar-refractivity contribution in [2.75, 3.05) is 23.2 Å². The van der Waals surface area contributed by atoms with Gasteiger partial charge in [0.05, 0.1) is 33.8 Å². The van der Waals surface area contributed by atoms with Crippen LogP contribution in [0.1, 0.15) is 76.2 Å². The summed E-state index contributed by atoms with van der Waals surface area (Å²) < 4.78 is 53.9. The van der Waals surface area contributed by atoms with Gasteiger partial charge in [-0.25, -0.2) is 37.2 Å². The lowest BCUT2D eigenvalue weighted by Crippen LogP contribution is -2.41. The highest BCUT2D eigenvalue weighted by Gasteiger charge is 2.40. The van der Waals surface area contributed by atoms with Gasteiger partial charge in [0.1, 0.15) is 29.9 Å². The van der Waals surface area contributed by atoms with Crippen LogP contribution in [0.15, 0.2) is 54.7 Å². The average Bonchev–Trinajstić information content (AvgIpc) is 3.69. The van der Waals surface area contributed by atoms with Gasteiger partial charge in [0.25, 0.3) is 0 Å². The fourth-order valence-electron chi connectivity index (χ4n) is 5.37. The molecule has 1 N–H and O–H groups in total. The third-order valence-corrected chi connectivity index (χ3v) is 9.53. The number of nitrogens with one attached hydrogen (secondary N) is 1. The zero-order valence-corrected chi connectivity index (χ0v) is 26.0. The lowest BCUT2D eigenvalue weighted by atomic mass is 9.69. The van der Waals surface area contributed by atoms with E-state index in [9.17, 15) is 17.2 Å². The normalized spacial score (nSPS) is 20.9. The SMILES string of the molecule is C=C.CC.C[C@H]1CC[C@](C)(c2ccnc(N3CN=C(CS(=O)(=O)CC4CC4)N3)n2)c2nnc(-c3c(F)cccc3F)cc21. The molecule has 1 aliphatic heterocycles. The summed E-state index contributed by atoms with van der Waals surface area (Å²) in [6.07, 6.45) is 5.16. The molecule has 9 nitrogen and oxygen atoms in total. The Hall–Kier alpha value is -3.80. The molecule has 2 aromatic heterocycles. The maximum Gasteiger partial charge on any atom is 0.246 e. The number of fused-ring (bicyclic) bond motifs is 1. The molecule has 2 atom stereocenters. The second-order valence-electron chi connectivity index (χ2n) is 10.9. The summed E-state index contributed by atoms with van der Waals surface area (Å²) in [5.74, 6) is -0.165. The molecule has 12 heteroatoms. The Morgan fingerprint density at radius 3 is 2.47 bits per heavy atom. The van der Waals surface area contributed by atoms with Crippen LogP contribution in [0.2, 0.25) is 0 Å². The second-order valence-corrected chi connectivity index (χ2v) is 13.0. The Morgan fingerprint density at radius 1 is 1.09 bits per heavy atom. The molecule has 1 aromatic carbocycles. The summed E-state index contributed by atoms with van der Waals surface area (Å²) in [7, 11) is -3.23. The van der Waals surface area contributed by atoms with Crippen LogP contribution in [0, 0.1) is 17.6 Å². The number of hydrogen-bond donors (Lipinski definition) is 1. The van der Waals surface area contributed by atoms with Gasteiger partial charge in [-0.1, -0.05) is 26.8 Å². The van der Waals surface area contributed by atoms with Gasteiger partial charge in [-0.15, -0.1) is 18.3 Å². The smallest absolute Gasteiger partial charge is 0.246 e. The lowest BCUT2D eigenvalue weighted by Gasteiger charge is -2.37. The van der Waals surface area contributed by atoms with E-state index >= 15 is 0 Å². The van der Waals surface area contributed by atoms with E-state index in [2.05, 4.69) is 45.7 Å². The Labute approximate surface area is 252 Å². The van der Waals surface area contributed by atoms with E-state index in [0.29, 0.717) is 17.5 Å². The van der Waals surface area contributed by atoms with Crippen molar-refractivity contribution in [1.82, 2.24) is 25.6 Å². The lowest BCUT2D eigenvalue weighted by molar-refractivity contribution is 0.404. The first-order valence-corrected chi connectivity index (χ1v) is 16.4. The molecule has 1 saturated carbocycles. The minimum Gasteiger partial charge on any atom is -0.280 e. The quantitative estimate of drug-likeness (QED) is 0.336. The molecule has 43 heavy (non-hydrogen) atoms. The number of aliphatic imine (C=N–C) groups is 1. The van der Waals surface area contributed by atoms with Crippen LogP contribution < -0.4 is 10.4 Å². The zero-order valence-electron chi connectivity index (χ0n) is 25.1. The van der Waals surface area contributed by atoms with E-state index in [4.69, 9.17) is 4.98 Å². The minimum absolute atomic E-state index is 0.118. The maximum atomic E-state index is 14.5. The Kier molecular flexibility index (Phi) is 9.89. The van der Waals surface area contributed by atoms with Crippen molar-refractivity contribution in [1.29, 1.82) is 0 Å². The molecule has 1 fully saturated rings. The summed E-state index contributed by atoms with van der Waals surface area (Å²) in [6.45, 7) is 14.3. The first-order chi connectivity index (χ1) is 20.6.